The zero-order chi connectivity index (χ0) is 23.6. The molecule has 3 rings (SSSR count). The third-order valence-corrected chi connectivity index (χ3v) is 4.64. The number of rotatable bonds is 9. The zero-order valence-electron chi connectivity index (χ0n) is 17.5. The monoisotopic (exact) mass is 513 g/mol. The molecule has 10 heteroatoms. The molecule has 0 aliphatic carbocycles. The maximum atomic E-state index is 12.4. The summed E-state index contributed by atoms with van der Waals surface area (Å²) in [6.07, 6.45) is 2.76. The average Bonchev–Trinajstić information content (AvgIpc) is 3.35. The molecule has 1 heterocycles. The van der Waals surface area contributed by atoms with Gasteiger partial charge in [-0.05, 0) is 67.1 Å². The first-order valence-corrected chi connectivity index (χ1v) is 10.6. The largest absolute Gasteiger partial charge is 0.490 e. The number of benzene rings is 2. The summed E-state index contributed by atoms with van der Waals surface area (Å²) < 4.78 is 16.8. The van der Waals surface area contributed by atoms with Crippen molar-refractivity contribution in [1.82, 2.24) is 10.7 Å². The Morgan fingerprint density at radius 1 is 1.09 bits per heavy atom. The van der Waals surface area contributed by atoms with E-state index in [-0.39, 0.29) is 18.1 Å². The van der Waals surface area contributed by atoms with E-state index in [1.807, 2.05) is 0 Å². The highest BCUT2D eigenvalue weighted by atomic mass is 79.9. The number of esters is 1. The Labute approximate surface area is 197 Å². The van der Waals surface area contributed by atoms with Crippen molar-refractivity contribution in [3.63, 3.8) is 0 Å². The highest BCUT2D eigenvalue weighted by Gasteiger charge is 2.13. The summed E-state index contributed by atoms with van der Waals surface area (Å²) >= 11 is 3.32. The molecule has 0 fully saturated rings. The van der Waals surface area contributed by atoms with Gasteiger partial charge in [-0.3, -0.25) is 9.59 Å². The molecule has 0 aliphatic rings. The van der Waals surface area contributed by atoms with Gasteiger partial charge in [-0.1, -0.05) is 15.9 Å². The fraction of sp³-hybridized carbons (Fsp3) is 0.130. The standard InChI is InChI=1S/C23H20BrN3O6/c1-2-31-20-12-15(5-10-18(20)33-23(30)16-6-8-17(24)9-7-16)13-26-27-21(28)14-25-22(29)19-4-3-11-32-19/h3-13H,2,14H2,1H3,(H,25,29)(H,27,28)/b26-13+. The molecule has 0 aliphatic heterocycles. The number of nitrogens with zero attached hydrogens (tertiary/aromatic N) is 1. The molecule has 0 unspecified atom stereocenters. The van der Waals surface area contributed by atoms with Crippen molar-refractivity contribution in [2.75, 3.05) is 13.2 Å². The number of furan rings is 1. The third-order valence-electron chi connectivity index (χ3n) is 4.11. The van der Waals surface area contributed by atoms with E-state index in [1.165, 1.54) is 18.5 Å². The number of nitrogens with one attached hydrogen (secondary N) is 2. The number of hydrogen-bond donors (Lipinski definition) is 2. The van der Waals surface area contributed by atoms with Gasteiger partial charge >= 0.3 is 5.97 Å². The lowest BCUT2D eigenvalue weighted by Gasteiger charge is -2.11. The lowest BCUT2D eigenvalue weighted by molar-refractivity contribution is -0.120. The average molecular weight is 514 g/mol. The van der Waals surface area contributed by atoms with Crippen molar-refractivity contribution in [3.8, 4) is 11.5 Å². The fourth-order valence-corrected chi connectivity index (χ4v) is 2.84. The third kappa shape index (κ3) is 7.04. The normalized spacial score (nSPS) is 10.6. The Morgan fingerprint density at radius 2 is 1.88 bits per heavy atom. The SMILES string of the molecule is CCOc1cc(/C=N/NC(=O)CNC(=O)c2ccco2)ccc1OC(=O)c1ccc(Br)cc1. The van der Waals surface area contributed by atoms with Crippen LogP contribution in [0.2, 0.25) is 0 Å². The van der Waals surface area contributed by atoms with Crippen LogP contribution in [0, 0.1) is 0 Å². The van der Waals surface area contributed by atoms with Crippen LogP contribution in [0.1, 0.15) is 33.4 Å². The fourth-order valence-electron chi connectivity index (χ4n) is 2.58. The van der Waals surface area contributed by atoms with Crippen LogP contribution in [-0.2, 0) is 4.79 Å². The van der Waals surface area contributed by atoms with Crippen molar-refractivity contribution in [1.29, 1.82) is 0 Å². The molecule has 33 heavy (non-hydrogen) atoms. The minimum atomic E-state index is -0.520. The van der Waals surface area contributed by atoms with Gasteiger partial charge in [0.1, 0.15) is 0 Å². The van der Waals surface area contributed by atoms with Crippen LogP contribution in [0.15, 0.2) is 74.9 Å². The summed E-state index contributed by atoms with van der Waals surface area (Å²) in [7, 11) is 0. The van der Waals surface area contributed by atoms with E-state index in [0.717, 1.165) is 4.47 Å². The maximum absolute atomic E-state index is 12.4. The van der Waals surface area contributed by atoms with Gasteiger partial charge in [0, 0.05) is 4.47 Å². The molecule has 0 radical (unpaired) electrons. The van der Waals surface area contributed by atoms with Crippen molar-refractivity contribution in [2.45, 2.75) is 6.92 Å². The van der Waals surface area contributed by atoms with Gasteiger partial charge in [-0.25, -0.2) is 10.2 Å². The van der Waals surface area contributed by atoms with Gasteiger partial charge in [0.25, 0.3) is 11.8 Å². The van der Waals surface area contributed by atoms with Crippen LogP contribution in [-0.4, -0.2) is 37.1 Å². The first-order valence-electron chi connectivity index (χ1n) is 9.84. The second kappa shape index (κ2) is 11.6. The summed E-state index contributed by atoms with van der Waals surface area (Å²) in [4.78, 5) is 36.0. The van der Waals surface area contributed by atoms with E-state index >= 15 is 0 Å². The molecule has 1 aromatic heterocycles. The van der Waals surface area contributed by atoms with Gasteiger partial charge < -0.3 is 19.2 Å². The van der Waals surface area contributed by atoms with E-state index < -0.39 is 17.8 Å². The molecule has 0 saturated heterocycles. The number of hydrogen-bond acceptors (Lipinski definition) is 7. The van der Waals surface area contributed by atoms with E-state index in [4.69, 9.17) is 13.9 Å². The highest BCUT2D eigenvalue weighted by Crippen LogP contribution is 2.29. The van der Waals surface area contributed by atoms with Crippen LogP contribution in [0.3, 0.4) is 0 Å². The van der Waals surface area contributed by atoms with Crippen molar-refractivity contribution < 1.29 is 28.3 Å². The van der Waals surface area contributed by atoms with Crippen molar-refractivity contribution in [2.24, 2.45) is 5.10 Å². The van der Waals surface area contributed by atoms with Crippen LogP contribution in [0.5, 0.6) is 11.5 Å². The molecule has 2 N–H and O–H groups in total. The van der Waals surface area contributed by atoms with Gasteiger partial charge in [-0.2, -0.15) is 5.10 Å². The first-order chi connectivity index (χ1) is 16.0. The van der Waals surface area contributed by atoms with Gasteiger partial charge in [0.15, 0.2) is 17.3 Å². The van der Waals surface area contributed by atoms with E-state index in [1.54, 1.807) is 55.5 Å². The minimum Gasteiger partial charge on any atom is -0.490 e. The molecule has 3 aromatic rings. The quantitative estimate of drug-likeness (QED) is 0.195. The molecule has 2 aromatic carbocycles. The topological polar surface area (TPSA) is 119 Å². The number of carbonyl (C=O) groups is 3. The van der Waals surface area contributed by atoms with E-state index in [0.29, 0.717) is 23.5 Å². The Morgan fingerprint density at radius 3 is 2.58 bits per heavy atom. The van der Waals surface area contributed by atoms with Crippen LogP contribution >= 0.6 is 15.9 Å². The van der Waals surface area contributed by atoms with Gasteiger partial charge in [0.05, 0.1) is 31.2 Å². The van der Waals surface area contributed by atoms with E-state index in [2.05, 4.69) is 31.8 Å². The van der Waals surface area contributed by atoms with Crippen LogP contribution < -0.4 is 20.2 Å². The van der Waals surface area contributed by atoms with Crippen LogP contribution in [0.25, 0.3) is 0 Å². The number of ether oxygens (including phenoxy) is 2. The molecular weight excluding hydrogens is 494 g/mol. The number of amides is 2. The smallest absolute Gasteiger partial charge is 0.343 e. The van der Waals surface area contributed by atoms with Crippen molar-refractivity contribution in [3.05, 3.63) is 82.2 Å². The number of carbonyl (C=O) groups excluding carboxylic acids is 3. The lowest BCUT2D eigenvalue weighted by Crippen LogP contribution is -2.34. The predicted octanol–water partition coefficient (Wildman–Crippen LogP) is 3.54. The summed E-state index contributed by atoms with van der Waals surface area (Å²) in [5.41, 5.74) is 3.31. The van der Waals surface area contributed by atoms with E-state index in [9.17, 15) is 14.4 Å². The van der Waals surface area contributed by atoms with Gasteiger partial charge in [0.2, 0.25) is 0 Å². The molecule has 0 atom stereocenters. The molecule has 0 bridgehead atoms. The Kier molecular flexibility index (Phi) is 8.36. The molecule has 0 spiro atoms. The Bertz CT molecular complexity index is 1140. The minimum absolute atomic E-state index is 0.107. The number of hydrazone groups is 1. The summed E-state index contributed by atoms with van der Waals surface area (Å²) in [5.74, 6) is -0.829. The number of halogens is 1. The summed E-state index contributed by atoms with van der Waals surface area (Å²) in [6.45, 7) is 1.89. The zero-order valence-corrected chi connectivity index (χ0v) is 19.1. The summed E-state index contributed by atoms with van der Waals surface area (Å²) in [6, 6.07) is 14.7. The highest BCUT2D eigenvalue weighted by molar-refractivity contribution is 9.10. The lowest BCUT2D eigenvalue weighted by atomic mass is 10.2. The molecule has 0 saturated carbocycles. The maximum Gasteiger partial charge on any atom is 0.343 e. The van der Waals surface area contributed by atoms with Gasteiger partial charge in [-0.15, -0.1) is 0 Å². The second-order valence-electron chi connectivity index (χ2n) is 6.49. The summed E-state index contributed by atoms with van der Waals surface area (Å²) in [5, 5.41) is 6.27. The first kappa shape index (κ1) is 23.7. The molecular formula is C23H20BrN3O6. The molecule has 170 valence electrons. The van der Waals surface area contributed by atoms with Crippen molar-refractivity contribution >= 4 is 39.9 Å². The second-order valence-corrected chi connectivity index (χ2v) is 7.40. The Balaban J connectivity index is 1.58. The Hall–Kier alpha value is -3.92. The molecule has 9 nitrogen and oxygen atoms in total. The van der Waals surface area contributed by atoms with Crippen LogP contribution in [0.4, 0.5) is 0 Å². The predicted molar refractivity (Wildman–Crippen MR) is 123 cm³/mol. The molecule has 2 amide bonds.